The predicted molar refractivity (Wildman–Crippen MR) is 102 cm³/mol. The topological polar surface area (TPSA) is 18.5 Å². The lowest BCUT2D eigenvalue weighted by Gasteiger charge is -2.28. The summed E-state index contributed by atoms with van der Waals surface area (Å²) in [4.78, 5) is 0. The monoisotopic (exact) mass is 386 g/mol. The van der Waals surface area contributed by atoms with Crippen molar-refractivity contribution in [3.63, 3.8) is 0 Å². The molecule has 5 heteroatoms. The van der Waals surface area contributed by atoms with Gasteiger partial charge in [0, 0.05) is 13.2 Å². The fraction of sp³-hybridized carbons (Fsp3) is 0.727. The molecule has 27 heavy (non-hydrogen) atoms. The highest BCUT2D eigenvalue weighted by Gasteiger charge is 2.31. The van der Waals surface area contributed by atoms with Gasteiger partial charge in [-0.25, -0.2) is 0 Å². The zero-order valence-electron chi connectivity index (χ0n) is 16.4. The quantitative estimate of drug-likeness (QED) is 0.384. The smallest absolute Gasteiger partial charge is 0.406 e. The molecule has 0 saturated heterocycles. The highest BCUT2D eigenvalue weighted by Crippen LogP contribution is 2.32. The highest BCUT2D eigenvalue weighted by atomic mass is 19.4. The van der Waals surface area contributed by atoms with E-state index in [9.17, 15) is 13.2 Å². The summed E-state index contributed by atoms with van der Waals surface area (Å²) in [5.41, 5.74) is 1.07. The van der Waals surface area contributed by atoms with Crippen molar-refractivity contribution in [1.29, 1.82) is 0 Å². The Morgan fingerprint density at radius 1 is 0.926 bits per heavy atom. The van der Waals surface area contributed by atoms with Crippen LogP contribution in [0, 0.1) is 11.8 Å². The van der Waals surface area contributed by atoms with Gasteiger partial charge in [0.2, 0.25) is 0 Å². The van der Waals surface area contributed by atoms with Crippen LogP contribution in [0.2, 0.25) is 0 Å². The number of halogens is 3. The minimum atomic E-state index is -4.63. The van der Waals surface area contributed by atoms with Gasteiger partial charge in [-0.2, -0.15) is 0 Å². The first-order valence-corrected chi connectivity index (χ1v) is 10.4. The average Bonchev–Trinajstić information content (AvgIpc) is 2.64. The van der Waals surface area contributed by atoms with Crippen LogP contribution in [0.3, 0.4) is 0 Å². The maximum absolute atomic E-state index is 12.2. The van der Waals surface area contributed by atoms with E-state index in [1.54, 1.807) is 12.1 Å². The molecule has 0 aromatic heterocycles. The second-order valence-electron chi connectivity index (χ2n) is 7.75. The Morgan fingerprint density at radius 2 is 1.59 bits per heavy atom. The SMILES string of the molecule is CCCCCCOCC1CCC(CCc2ccc(OC(F)(F)F)cc2)CC1. The molecule has 0 spiro atoms. The Balaban J connectivity index is 1.58. The molecule has 0 amide bonds. The first kappa shape index (κ1) is 22.1. The summed E-state index contributed by atoms with van der Waals surface area (Å²) >= 11 is 0. The Labute approximate surface area is 161 Å². The zero-order chi connectivity index (χ0) is 19.5. The number of alkyl halides is 3. The van der Waals surface area contributed by atoms with Crippen LogP contribution >= 0.6 is 0 Å². The Kier molecular flexibility index (Phi) is 9.46. The molecule has 1 aliphatic rings. The number of hydrogen-bond donors (Lipinski definition) is 0. The van der Waals surface area contributed by atoms with Gasteiger partial charge >= 0.3 is 6.36 Å². The molecule has 2 rings (SSSR count). The highest BCUT2D eigenvalue weighted by molar-refractivity contribution is 5.27. The van der Waals surface area contributed by atoms with Crippen LogP contribution in [0.25, 0.3) is 0 Å². The zero-order valence-corrected chi connectivity index (χ0v) is 16.4. The third-order valence-corrected chi connectivity index (χ3v) is 5.46. The van der Waals surface area contributed by atoms with Gasteiger partial charge in [0.05, 0.1) is 0 Å². The van der Waals surface area contributed by atoms with Crippen LogP contribution in [0.15, 0.2) is 24.3 Å². The molecule has 0 N–H and O–H groups in total. The lowest BCUT2D eigenvalue weighted by atomic mass is 9.80. The second kappa shape index (κ2) is 11.6. The minimum Gasteiger partial charge on any atom is -0.406 e. The van der Waals surface area contributed by atoms with E-state index in [1.165, 1.54) is 63.5 Å². The van der Waals surface area contributed by atoms with Crippen molar-refractivity contribution in [3.8, 4) is 5.75 Å². The van der Waals surface area contributed by atoms with Crippen molar-refractivity contribution < 1.29 is 22.6 Å². The normalized spacial score (nSPS) is 20.6. The molecule has 0 unspecified atom stereocenters. The van der Waals surface area contributed by atoms with Crippen molar-refractivity contribution in [1.82, 2.24) is 0 Å². The molecule has 0 bridgehead atoms. The van der Waals surface area contributed by atoms with E-state index in [1.807, 2.05) is 0 Å². The third-order valence-electron chi connectivity index (χ3n) is 5.46. The van der Waals surface area contributed by atoms with E-state index in [2.05, 4.69) is 11.7 Å². The largest absolute Gasteiger partial charge is 0.573 e. The van der Waals surface area contributed by atoms with Gasteiger partial charge in [-0.1, -0.05) is 51.2 Å². The van der Waals surface area contributed by atoms with Gasteiger partial charge in [-0.05, 0) is 61.6 Å². The lowest BCUT2D eigenvalue weighted by Crippen LogP contribution is -2.19. The number of unbranched alkanes of at least 4 members (excludes halogenated alkanes) is 3. The van der Waals surface area contributed by atoms with Gasteiger partial charge in [0.1, 0.15) is 5.75 Å². The van der Waals surface area contributed by atoms with E-state index >= 15 is 0 Å². The summed E-state index contributed by atoms with van der Waals surface area (Å²) in [6.45, 7) is 4.02. The van der Waals surface area contributed by atoms with E-state index in [4.69, 9.17) is 4.74 Å². The summed E-state index contributed by atoms with van der Waals surface area (Å²) in [7, 11) is 0. The first-order valence-electron chi connectivity index (χ1n) is 10.4. The summed E-state index contributed by atoms with van der Waals surface area (Å²) < 4.78 is 46.3. The fourth-order valence-corrected chi connectivity index (χ4v) is 3.80. The summed E-state index contributed by atoms with van der Waals surface area (Å²) in [5.74, 6) is 1.27. The van der Waals surface area contributed by atoms with E-state index in [0.717, 1.165) is 37.5 Å². The van der Waals surface area contributed by atoms with Gasteiger partial charge in [0.15, 0.2) is 0 Å². The van der Waals surface area contributed by atoms with Crippen molar-refractivity contribution in [2.24, 2.45) is 11.8 Å². The summed E-state index contributed by atoms with van der Waals surface area (Å²) in [6, 6.07) is 6.27. The van der Waals surface area contributed by atoms with Crippen LogP contribution in [-0.2, 0) is 11.2 Å². The molecule has 0 atom stereocenters. The molecule has 0 radical (unpaired) electrons. The van der Waals surface area contributed by atoms with Crippen molar-refractivity contribution in [2.45, 2.75) is 77.5 Å². The van der Waals surface area contributed by atoms with Crippen molar-refractivity contribution in [2.75, 3.05) is 13.2 Å². The predicted octanol–water partition coefficient (Wildman–Crippen LogP) is 6.92. The second-order valence-corrected chi connectivity index (χ2v) is 7.75. The number of aryl methyl sites for hydroxylation is 1. The first-order chi connectivity index (χ1) is 13.0. The molecule has 154 valence electrons. The molecule has 0 heterocycles. The lowest BCUT2D eigenvalue weighted by molar-refractivity contribution is -0.274. The standard InChI is InChI=1S/C22H33F3O2/c1-2-3-4-5-16-26-17-20-10-8-18(9-11-20)6-7-19-12-14-21(15-13-19)27-22(23,24)25/h12-15,18,20H,2-11,16-17H2,1H3. The molecule has 1 aliphatic carbocycles. The van der Waals surface area contributed by atoms with E-state index in [-0.39, 0.29) is 5.75 Å². The van der Waals surface area contributed by atoms with Crippen LogP contribution in [0.1, 0.15) is 70.3 Å². The van der Waals surface area contributed by atoms with Crippen LogP contribution in [0.5, 0.6) is 5.75 Å². The fourth-order valence-electron chi connectivity index (χ4n) is 3.80. The molecular weight excluding hydrogens is 353 g/mol. The molecule has 1 aromatic rings. The van der Waals surface area contributed by atoms with Gasteiger partial charge in [0.25, 0.3) is 0 Å². The van der Waals surface area contributed by atoms with E-state index < -0.39 is 6.36 Å². The Hall–Kier alpha value is -1.23. The average molecular weight is 386 g/mol. The van der Waals surface area contributed by atoms with E-state index in [0.29, 0.717) is 5.92 Å². The Bertz CT molecular complexity index is 505. The summed E-state index contributed by atoms with van der Waals surface area (Å²) in [5, 5.41) is 0. The van der Waals surface area contributed by atoms with Crippen molar-refractivity contribution in [3.05, 3.63) is 29.8 Å². The molecule has 0 aliphatic heterocycles. The minimum absolute atomic E-state index is 0.151. The van der Waals surface area contributed by atoms with Gasteiger partial charge in [-0.3, -0.25) is 0 Å². The summed E-state index contributed by atoms with van der Waals surface area (Å²) in [6.07, 6.45) is 7.33. The maximum Gasteiger partial charge on any atom is 0.573 e. The molecule has 2 nitrogen and oxygen atoms in total. The molecule has 1 aromatic carbocycles. The van der Waals surface area contributed by atoms with Gasteiger partial charge in [-0.15, -0.1) is 13.2 Å². The number of ether oxygens (including phenoxy) is 2. The van der Waals surface area contributed by atoms with Crippen LogP contribution in [-0.4, -0.2) is 19.6 Å². The number of benzene rings is 1. The Morgan fingerprint density at radius 3 is 2.22 bits per heavy atom. The van der Waals surface area contributed by atoms with Crippen LogP contribution in [0.4, 0.5) is 13.2 Å². The third kappa shape index (κ3) is 9.50. The molecule has 1 fully saturated rings. The number of hydrogen-bond acceptors (Lipinski definition) is 2. The number of rotatable bonds is 11. The van der Waals surface area contributed by atoms with Gasteiger partial charge < -0.3 is 9.47 Å². The van der Waals surface area contributed by atoms with Crippen molar-refractivity contribution >= 4 is 0 Å². The van der Waals surface area contributed by atoms with Crippen LogP contribution < -0.4 is 4.74 Å². The molecule has 1 saturated carbocycles. The molecular formula is C22H33F3O2. The maximum atomic E-state index is 12.2.